The second-order valence-corrected chi connectivity index (χ2v) is 7.91. The molecule has 0 atom stereocenters. The van der Waals surface area contributed by atoms with E-state index in [9.17, 15) is 4.79 Å². The summed E-state index contributed by atoms with van der Waals surface area (Å²) in [6.07, 6.45) is 1.92. The topological polar surface area (TPSA) is 101 Å². The summed E-state index contributed by atoms with van der Waals surface area (Å²) in [5.74, 6) is 1.25. The van der Waals surface area contributed by atoms with Gasteiger partial charge in [-0.15, -0.1) is 0 Å². The van der Waals surface area contributed by atoms with Gasteiger partial charge < -0.3 is 19.9 Å². The number of rotatable bonds is 5. The molecule has 4 aromatic rings. The number of anilines is 1. The molecule has 164 valence electrons. The molecular formula is C23H25N7O2. The molecule has 1 aromatic carbocycles. The number of pyridine rings is 1. The Hall–Kier alpha value is -3.72. The van der Waals surface area contributed by atoms with Gasteiger partial charge in [0.2, 0.25) is 5.91 Å². The number of hydrogen-bond donors (Lipinski definition) is 2. The highest BCUT2D eigenvalue weighted by atomic mass is 16.5. The van der Waals surface area contributed by atoms with E-state index in [4.69, 9.17) is 14.8 Å². The average Bonchev–Trinajstić information content (AvgIpc) is 3.45. The molecular weight excluding hydrogens is 406 g/mol. The van der Waals surface area contributed by atoms with E-state index in [-0.39, 0.29) is 5.91 Å². The number of carbonyl (C=O) groups is 1. The second kappa shape index (κ2) is 8.43. The Balaban J connectivity index is 1.56. The molecule has 2 N–H and O–H groups in total. The lowest BCUT2D eigenvalue weighted by Gasteiger charge is -2.29. The van der Waals surface area contributed by atoms with Gasteiger partial charge in [0, 0.05) is 37.8 Å². The number of nitrogens with one attached hydrogen (secondary N) is 2. The number of amides is 1. The zero-order valence-electron chi connectivity index (χ0n) is 18.1. The maximum Gasteiger partial charge on any atom is 0.217 e. The van der Waals surface area contributed by atoms with Gasteiger partial charge in [0.1, 0.15) is 11.3 Å². The van der Waals surface area contributed by atoms with Crippen molar-refractivity contribution in [2.75, 3.05) is 31.2 Å². The van der Waals surface area contributed by atoms with Crippen molar-refractivity contribution in [1.29, 1.82) is 0 Å². The van der Waals surface area contributed by atoms with Crippen LogP contribution in [-0.2, 0) is 16.1 Å². The molecule has 4 heterocycles. The summed E-state index contributed by atoms with van der Waals surface area (Å²) in [5, 5.41) is 7.55. The monoisotopic (exact) mass is 431 g/mol. The number of carbonyl (C=O) groups excluding carboxylic acids is 1. The van der Waals surface area contributed by atoms with Crippen LogP contribution >= 0.6 is 0 Å². The van der Waals surface area contributed by atoms with E-state index >= 15 is 0 Å². The lowest BCUT2D eigenvalue weighted by Crippen LogP contribution is -2.36. The molecule has 0 bridgehead atoms. The maximum atomic E-state index is 11.3. The minimum atomic E-state index is -0.104. The lowest BCUT2D eigenvalue weighted by atomic mass is 10.1. The van der Waals surface area contributed by atoms with E-state index in [0.717, 1.165) is 35.6 Å². The number of aromatic amines is 1. The molecule has 5 rings (SSSR count). The number of morpholine rings is 1. The van der Waals surface area contributed by atoms with Crippen LogP contribution in [0.3, 0.4) is 0 Å². The van der Waals surface area contributed by atoms with Crippen molar-refractivity contribution < 1.29 is 9.53 Å². The maximum absolute atomic E-state index is 11.3. The van der Waals surface area contributed by atoms with Crippen LogP contribution in [0.2, 0.25) is 0 Å². The average molecular weight is 432 g/mol. The number of hydrogen-bond acceptors (Lipinski definition) is 6. The third-order valence-corrected chi connectivity index (χ3v) is 5.47. The van der Waals surface area contributed by atoms with Crippen molar-refractivity contribution in [1.82, 2.24) is 30.0 Å². The van der Waals surface area contributed by atoms with Crippen LogP contribution in [0.4, 0.5) is 5.69 Å². The Morgan fingerprint density at radius 2 is 2.03 bits per heavy atom. The fourth-order valence-electron chi connectivity index (χ4n) is 3.88. The Morgan fingerprint density at radius 3 is 2.81 bits per heavy atom. The highest BCUT2D eigenvalue weighted by molar-refractivity contribution is 5.87. The summed E-state index contributed by atoms with van der Waals surface area (Å²) < 4.78 is 7.31. The van der Waals surface area contributed by atoms with Gasteiger partial charge in [-0.25, -0.2) is 14.6 Å². The minimum Gasteiger partial charge on any atom is -0.378 e. The van der Waals surface area contributed by atoms with E-state index in [1.165, 1.54) is 12.5 Å². The zero-order chi connectivity index (χ0) is 22.1. The fraction of sp³-hybridized carbons (Fsp3) is 0.304. The van der Waals surface area contributed by atoms with E-state index in [1.807, 2.05) is 24.4 Å². The number of benzene rings is 1. The highest BCUT2D eigenvalue weighted by Crippen LogP contribution is 2.28. The fourth-order valence-corrected chi connectivity index (χ4v) is 3.88. The highest BCUT2D eigenvalue weighted by Gasteiger charge is 2.19. The van der Waals surface area contributed by atoms with Crippen LogP contribution in [0.15, 0.2) is 42.6 Å². The lowest BCUT2D eigenvalue weighted by molar-refractivity contribution is -0.119. The molecule has 0 spiro atoms. The third-order valence-electron chi connectivity index (χ3n) is 5.47. The van der Waals surface area contributed by atoms with Crippen molar-refractivity contribution in [2.24, 2.45) is 0 Å². The SMILES string of the molecule is CC(=O)NCc1nc2nc(-n3ccc(-c4cccc(C)c4)n3)cc(N3CCOCC3)c2[nH]1. The predicted octanol–water partition coefficient (Wildman–Crippen LogP) is 2.59. The van der Waals surface area contributed by atoms with E-state index in [0.29, 0.717) is 37.0 Å². The van der Waals surface area contributed by atoms with Crippen molar-refractivity contribution >= 4 is 22.8 Å². The summed E-state index contributed by atoms with van der Waals surface area (Å²) in [6.45, 7) is 6.79. The molecule has 0 saturated carbocycles. The molecule has 1 fully saturated rings. The molecule has 1 aliphatic rings. The minimum absolute atomic E-state index is 0.104. The van der Waals surface area contributed by atoms with Crippen LogP contribution in [0, 0.1) is 6.92 Å². The second-order valence-electron chi connectivity index (χ2n) is 7.91. The first-order chi connectivity index (χ1) is 15.6. The Labute approximate surface area is 185 Å². The standard InChI is InChI=1S/C23H25N7O2/c1-15-4-3-5-17(12-15)18-6-7-30(28-18)21-13-19(29-8-10-32-11-9-29)22-23(27-21)26-20(25-22)14-24-16(2)31/h3-7,12-13H,8-11,14H2,1-2H3,(H,24,31)(H,25,26,27). The molecule has 0 radical (unpaired) electrons. The van der Waals surface area contributed by atoms with Gasteiger partial charge in [0.25, 0.3) is 0 Å². The van der Waals surface area contributed by atoms with Gasteiger partial charge in [0.05, 0.1) is 31.1 Å². The molecule has 1 saturated heterocycles. The number of fused-ring (bicyclic) bond motifs is 1. The largest absolute Gasteiger partial charge is 0.378 e. The van der Waals surface area contributed by atoms with Gasteiger partial charge in [-0.05, 0) is 19.1 Å². The smallest absolute Gasteiger partial charge is 0.217 e. The number of ether oxygens (including phenoxy) is 1. The van der Waals surface area contributed by atoms with Gasteiger partial charge >= 0.3 is 0 Å². The summed E-state index contributed by atoms with van der Waals surface area (Å²) in [4.78, 5) is 26.3. The van der Waals surface area contributed by atoms with E-state index in [2.05, 4.69) is 45.3 Å². The van der Waals surface area contributed by atoms with Crippen molar-refractivity contribution in [2.45, 2.75) is 20.4 Å². The molecule has 32 heavy (non-hydrogen) atoms. The quantitative estimate of drug-likeness (QED) is 0.504. The molecule has 0 unspecified atom stereocenters. The van der Waals surface area contributed by atoms with Crippen LogP contribution in [0.1, 0.15) is 18.3 Å². The van der Waals surface area contributed by atoms with Crippen LogP contribution < -0.4 is 10.2 Å². The van der Waals surface area contributed by atoms with Crippen molar-refractivity contribution in [3.8, 4) is 17.1 Å². The normalized spacial score (nSPS) is 14.1. The zero-order valence-corrected chi connectivity index (χ0v) is 18.1. The summed E-state index contributed by atoms with van der Waals surface area (Å²) in [5.41, 5.74) is 5.59. The number of H-pyrrole nitrogens is 1. The predicted molar refractivity (Wildman–Crippen MR) is 122 cm³/mol. The first-order valence-corrected chi connectivity index (χ1v) is 10.7. The van der Waals surface area contributed by atoms with Crippen LogP contribution in [0.25, 0.3) is 28.2 Å². The van der Waals surface area contributed by atoms with Gasteiger partial charge in [-0.3, -0.25) is 4.79 Å². The first-order valence-electron chi connectivity index (χ1n) is 10.7. The first kappa shape index (κ1) is 20.2. The van der Waals surface area contributed by atoms with Crippen LogP contribution in [-0.4, -0.2) is 56.9 Å². The number of nitrogens with zero attached hydrogens (tertiary/aromatic N) is 5. The Bertz CT molecular complexity index is 1270. The molecule has 3 aromatic heterocycles. The van der Waals surface area contributed by atoms with E-state index in [1.54, 1.807) is 4.68 Å². The molecule has 9 nitrogen and oxygen atoms in total. The number of imidazole rings is 1. The van der Waals surface area contributed by atoms with Crippen LogP contribution in [0.5, 0.6) is 0 Å². The summed E-state index contributed by atoms with van der Waals surface area (Å²) >= 11 is 0. The molecule has 1 amide bonds. The molecule has 1 aliphatic heterocycles. The number of aryl methyl sites for hydroxylation is 1. The van der Waals surface area contributed by atoms with Crippen molar-refractivity contribution in [3.05, 3.63) is 54.0 Å². The third kappa shape index (κ3) is 4.06. The summed E-state index contributed by atoms with van der Waals surface area (Å²) in [6, 6.07) is 12.3. The Kier molecular flexibility index (Phi) is 5.32. The van der Waals surface area contributed by atoms with E-state index < -0.39 is 0 Å². The number of aromatic nitrogens is 5. The molecule has 0 aliphatic carbocycles. The van der Waals surface area contributed by atoms with Gasteiger partial charge in [-0.2, -0.15) is 5.10 Å². The van der Waals surface area contributed by atoms with Crippen molar-refractivity contribution in [3.63, 3.8) is 0 Å². The summed E-state index contributed by atoms with van der Waals surface area (Å²) in [7, 11) is 0. The van der Waals surface area contributed by atoms with Gasteiger partial charge in [0.15, 0.2) is 11.5 Å². The molecule has 9 heteroatoms. The Morgan fingerprint density at radius 1 is 1.19 bits per heavy atom. The van der Waals surface area contributed by atoms with Gasteiger partial charge in [-0.1, -0.05) is 23.8 Å².